The average Bonchev–Trinajstić information content (AvgIpc) is 3.31. The van der Waals surface area contributed by atoms with Crippen LogP contribution >= 0.6 is 0 Å². The van der Waals surface area contributed by atoms with E-state index in [0.717, 1.165) is 22.5 Å². The number of esters is 1. The van der Waals surface area contributed by atoms with E-state index in [0.29, 0.717) is 11.3 Å². The first-order valence-corrected chi connectivity index (χ1v) is 10.2. The fraction of sp³-hybridized carbons (Fsp3) is 0.0769. The normalized spacial score (nSPS) is 10.8. The van der Waals surface area contributed by atoms with Crippen LogP contribution in [-0.4, -0.2) is 40.2 Å². The number of hydrogen-bond donors (Lipinski definition) is 0. The zero-order valence-corrected chi connectivity index (χ0v) is 17.9. The van der Waals surface area contributed by atoms with Crippen LogP contribution in [0.2, 0.25) is 0 Å². The maximum absolute atomic E-state index is 12.7. The van der Waals surface area contributed by atoms with Crippen molar-refractivity contribution in [3.8, 4) is 22.7 Å². The van der Waals surface area contributed by atoms with Crippen molar-refractivity contribution < 1.29 is 19.1 Å². The second-order valence-electron chi connectivity index (χ2n) is 7.04. The van der Waals surface area contributed by atoms with Gasteiger partial charge >= 0.3 is 5.97 Å². The molecule has 0 fully saturated rings. The third kappa shape index (κ3) is 5.40. The number of carbonyl (C=O) groups is 2. The molecule has 0 aliphatic rings. The topological polar surface area (TPSA) is 83.3 Å². The van der Waals surface area contributed by atoms with Gasteiger partial charge in [0.05, 0.1) is 12.8 Å². The average molecular weight is 439 g/mol. The largest absolute Gasteiger partial charge is 0.482 e. The fourth-order valence-corrected chi connectivity index (χ4v) is 3.13. The lowest BCUT2D eigenvalue weighted by Crippen LogP contribution is -2.12. The standard InChI is InChI=1S/C26H21N3O4/c1-32-25(31)18-33-23-10-7-19(8-11-23)24(30)12-9-21-17-29(22-5-3-2-4-6-22)28-26(21)20-13-15-27-16-14-20/h2-17H,18H2,1H3. The van der Waals surface area contributed by atoms with Gasteiger partial charge in [-0.2, -0.15) is 5.10 Å². The lowest BCUT2D eigenvalue weighted by Gasteiger charge is -2.05. The quantitative estimate of drug-likeness (QED) is 0.230. The molecule has 2 aromatic heterocycles. The Morgan fingerprint density at radius 2 is 1.70 bits per heavy atom. The number of allylic oxidation sites excluding steroid dienone is 1. The van der Waals surface area contributed by atoms with Crippen molar-refractivity contribution in [3.05, 3.63) is 103 Å². The van der Waals surface area contributed by atoms with Gasteiger partial charge in [0.25, 0.3) is 0 Å². The predicted octanol–water partition coefficient (Wildman–Crippen LogP) is 4.38. The summed E-state index contributed by atoms with van der Waals surface area (Å²) >= 11 is 0. The summed E-state index contributed by atoms with van der Waals surface area (Å²) in [6, 6.07) is 20.1. The van der Waals surface area contributed by atoms with Crippen LogP contribution in [0.1, 0.15) is 15.9 Å². The van der Waals surface area contributed by atoms with Gasteiger partial charge in [0, 0.05) is 35.3 Å². The number of para-hydroxylation sites is 1. The summed E-state index contributed by atoms with van der Waals surface area (Å²) in [7, 11) is 1.30. The molecule has 0 saturated carbocycles. The summed E-state index contributed by atoms with van der Waals surface area (Å²) in [5.41, 5.74) is 3.87. The lowest BCUT2D eigenvalue weighted by molar-refractivity contribution is -0.142. The van der Waals surface area contributed by atoms with Crippen molar-refractivity contribution in [2.24, 2.45) is 0 Å². The van der Waals surface area contributed by atoms with E-state index in [1.807, 2.05) is 48.7 Å². The maximum atomic E-state index is 12.7. The van der Waals surface area contributed by atoms with Crippen molar-refractivity contribution in [1.82, 2.24) is 14.8 Å². The molecule has 0 aliphatic carbocycles. The highest BCUT2D eigenvalue weighted by molar-refractivity contribution is 6.07. The van der Waals surface area contributed by atoms with E-state index in [1.165, 1.54) is 13.2 Å². The second kappa shape index (κ2) is 10.2. The highest BCUT2D eigenvalue weighted by Gasteiger charge is 2.11. The molecule has 0 radical (unpaired) electrons. The minimum atomic E-state index is -0.473. The molecule has 33 heavy (non-hydrogen) atoms. The van der Waals surface area contributed by atoms with E-state index < -0.39 is 5.97 Å². The minimum Gasteiger partial charge on any atom is -0.482 e. The molecule has 0 bridgehead atoms. The Morgan fingerprint density at radius 3 is 2.39 bits per heavy atom. The van der Waals surface area contributed by atoms with E-state index >= 15 is 0 Å². The van der Waals surface area contributed by atoms with E-state index in [9.17, 15) is 9.59 Å². The summed E-state index contributed by atoms with van der Waals surface area (Å²) < 4.78 is 11.6. The Kier molecular flexibility index (Phi) is 6.70. The first kappa shape index (κ1) is 21.7. The summed E-state index contributed by atoms with van der Waals surface area (Å²) in [6.45, 7) is -0.188. The van der Waals surface area contributed by atoms with E-state index in [-0.39, 0.29) is 12.4 Å². The number of hydrogen-bond acceptors (Lipinski definition) is 6. The van der Waals surface area contributed by atoms with Crippen LogP contribution in [0.25, 0.3) is 23.0 Å². The number of nitrogens with zero attached hydrogens (tertiary/aromatic N) is 3. The van der Waals surface area contributed by atoms with Crippen LogP contribution in [-0.2, 0) is 9.53 Å². The number of benzene rings is 2. The van der Waals surface area contributed by atoms with Crippen molar-refractivity contribution in [2.45, 2.75) is 0 Å². The summed E-state index contributed by atoms with van der Waals surface area (Å²) in [6.07, 6.45) is 8.57. The molecule has 0 N–H and O–H groups in total. The van der Waals surface area contributed by atoms with Crippen LogP contribution in [0.15, 0.2) is 91.4 Å². The molecule has 4 rings (SSSR count). The summed E-state index contributed by atoms with van der Waals surface area (Å²) in [4.78, 5) is 28.0. The van der Waals surface area contributed by atoms with Crippen LogP contribution < -0.4 is 4.74 Å². The number of pyridine rings is 1. The molecule has 4 aromatic rings. The van der Waals surface area contributed by atoms with E-state index in [4.69, 9.17) is 9.84 Å². The van der Waals surface area contributed by atoms with Crippen molar-refractivity contribution in [3.63, 3.8) is 0 Å². The van der Waals surface area contributed by atoms with Crippen molar-refractivity contribution in [1.29, 1.82) is 0 Å². The van der Waals surface area contributed by atoms with Gasteiger partial charge in [-0.05, 0) is 60.7 Å². The molecule has 2 aromatic carbocycles. The van der Waals surface area contributed by atoms with E-state index in [1.54, 1.807) is 47.4 Å². The Bertz CT molecular complexity index is 1260. The number of methoxy groups -OCH3 is 1. The van der Waals surface area contributed by atoms with Gasteiger partial charge in [-0.3, -0.25) is 9.78 Å². The number of carbonyl (C=O) groups excluding carboxylic acids is 2. The first-order chi connectivity index (χ1) is 16.1. The van der Waals surface area contributed by atoms with Gasteiger partial charge in [-0.1, -0.05) is 18.2 Å². The molecular formula is C26H21N3O4. The molecule has 0 aliphatic heterocycles. The summed E-state index contributed by atoms with van der Waals surface area (Å²) in [5, 5.41) is 4.73. The highest BCUT2D eigenvalue weighted by atomic mass is 16.6. The molecule has 2 heterocycles. The molecule has 0 atom stereocenters. The Hall–Kier alpha value is -4.52. The zero-order valence-electron chi connectivity index (χ0n) is 17.9. The number of ketones is 1. The smallest absolute Gasteiger partial charge is 0.343 e. The SMILES string of the molecule is COC(=O)COc1ccc(C(=O)C=Cc2cn(-c3ccccc3)nc2-c2ccncc2)cc1. The molecular weight excluding hydrogens is 418 g/mol. The highest BCUT2D eigenvalue weighted by Crippen LogP contribution is 2.24. The fourth-order valence-electron chi connectivity index (χ4n) is 3.13. The second-order valence-corrected chi connectivity index (χ2v) is 7.04. The molecule has 0 amide bonds. The summed E-state index contributed by atoms with van der Waals surface area (Å²) in [5.74, 6) is -0.160. The molecule has 0 spiro atoms. The van der Waals surface area contributed by atoms with Gasteiger partial charge < -0.3 is 9.47 Å². The van der Waals surface area contributed by atoms with Crippen LogP contribution in [0, 0.1) is 0 Å². The molecule has 0 saturated heterocycles. The third-order valence-electron chi connectivity index (χ3n) is 4.85. The molecule has 164 valence electrons. The Labute approximate surface area is 190 Å². The predicted molar refractivity (Wildman–Crippen MR) is 124 cm³/mol. The monoisotopic (exact) mass is 439 g/mol. The van der Waals surface area contributed by atoms with Gasteiger partial charge in [0.1, 0.15) is 11.4 Å². The van der Waals surface area contributed by atoms with Crippen LogP contribution in [0.5, 0.6) is 5.75 Å². The lowest BCUT2D eigenvalue weighted by atomic mass is 10.1. The van der Waals surface area contributed by atoms with Gasteiger partial charge in [0.2, 0.25) is 0 Å². The van der Waals surface area contributed by atoms with Crippen LogP contribution in [0.4, 0.5) is 0 Å². The number of aromatic nitrogens is 3. The third-order valence-corrected chi connectivity index (χ3v) is 4.85. The zero-order chi connectivity index (χ0) is 23.0. The minimum absolute atomic E-state index is 0.164. The number of rotatable bonds is 8. The molecule has 7 nitrogen and oxygen atoms in total. The van der Waals surface area contributed by atoms with Gasteiger partial charge in [-0.15, -0.1) is 0 Å². The molecule has 0 unspecified atom stereocenters. The van der Waals surface area contributed by atoms with Crippen molar-refractivity contribution in [2.75, 3.05) is 13.7 Å². The first-order valence-electron chi connectivity index (χ1n) is 10.2. The number of ether oxygens (including phenoxy) is 2. The maximum Gasteiger partial charge on any atom is 0.343 e. The van der Waals surface area contributed by atoms with Gasteiger partial charge in [0.15, 0.2) is 12.4 Å². The Balaban J connectivity index is 1.56. The van der Waals surface area contributed by atoms with Crippen molar-refractivity contribution >= 4 is 17.8 Å². The molecule has 7 heteroatoms. The van der Waals surface area contributed by atoms with Crippen LogP contribution in [0.3, 0.4) is 0 Å². The Morgan fingerprint density at radius 1 is 0.970 bits per heavy atom. The van der Waals surface area contributed by atoms with Gasteiger partial charge in [-0.25, -0.2) is 9.48 Å². The van der Waals surface area contributed by atoms with E-state index in [2.05, 4.69) is 9.72 Å².